The summed E-state index contributed by atoms with van der Waals surface area (Å²) in [5.41, 5.74) is 0.184. The Bertz CT molecular complexity index is 381. The molecule has 1 N–H and O–H groups in total. The zero-order valence-corrected chi connectivity index (χ0v) is 9.03. The minimum atomic E-state index is -0.446. The first-order valence-corrected chi connectivity index (χ1v) is 5.65. The van der Waals surface area contributed by atoms with Crippen LogP contribution in [0.25, 0.3) is 0 Å². The molecule has 0 radical (unpaired) electrons. The molecule has 0 aromatic heterocycles. The minimum absolute atomic E-state index is 0.120. The van der Waals surface area contributed by atoms with Gasteiger partial charge in [-0.25, -0.2) is 4.39 Å². The van der Waals surface area contributed by atoms with Crippen molar-refractivity contribution in [3.63, 3.8) is 0 Å². The summed E-state index contributed by atoms with van der Waals surface area (Å²) in [6.45, 7) is 0. The van der Waals surface area contributed by atoms with Crippen LogP contribution in [0, 0.1) is 11.7 Å². The van der Waals surface area contributed by atoms with Crippen molar-refractivity contribution >= 4 is 5.78 Å². The third-order valence-corrected chi connectivity index (χ3v) is 3.21. The molecule has 1 aliphatic rings. The molecule has 1 aromatic carbocycles. The molecule has 2 rings (SSSR count). The monoisotopic (exact) mass is 222 g/mol. The Balaban J connectivity index is 2.11. The molecule has 3 heteroatoms. The largest absolute Gasteiger partial charge is 0.393 e. The number of carbonyl (C=O) groups excluding carboxylic acids is 1. The normalized spacial score (nSPS) is 25.4. The van der Waals surface area contributed by atoms with Gasteiger partial charge in [0.05, 0.1) is 11.7 Å². The summed E-state index contributed by atoms with van der Waals surface area (Å²) in [5.74, 6) is -0.691. The van der Waals surface area contributed by atoms with E-state index >= 15 is 0 Å². The van der Waals surface area contributed by atoms with E-state index in [1.165, 1.54) is 12.1 Å². The highest BCUT2D eigenvalue weighted by Crippen LogP contribution is 2.27. The quantitative estimate of drug-likeness (QED) is 0.781. The van der Waals surface area contributed by atoms with Gasteiger partial charge in [0, 0.05) is 5.92 Å². The van der Waals surface area contributed by atoms with E-state index in [4.69, 9.17) is 0 Å². The van der Waals surface area contributed by atoms with E-state index in [2.05, 4.69) is 0 Å². The van der Waals surface area contributed by atoms with E-state index in [9.17, 15) is 14.3 Å². The summed E-state index contributed by atoms with van der Waals surface area (Å²) in [7, 11) is 0. The highest BCUT2D eigenvalue weighted by Gasteiger charge is 2.27. The number of ketones is 1. The number of halogens is 1. The molecule has 0 unspecified atom stereocenters. The molecule has 1 fully saturated rings. The predicted octanol–water partition coefficient (Wildman–Crippen LogP) is 2.56. The number of hydrogen-bond donors (Lipinski definition) is 1. The van der Waals surface area contributed by atoms with Crippen molar-refractivity contribution in [2.24, 2.45) is 5.92 Å². The third kappa shape index (κ3) is 2.30. The van der Waals surface area contributed by atoms with Gasteiger partial charge in [-0.05, 0) is 37.8 Å². The van der Waals surface area contributed by atoms with Crippen molar-refractivity contribution in [2.45, 2.75) is 31.8 Å². The van der Waals surface area contributed by atoms with Crippen molar-refractivity contribution in [3.8, 4) is 0 Å². The van der Waals surface area contributed by atoms with Crippen molar-refractivity contribution < 1.29 is 14.3 Å². The van der Waals surface area contributed by atoms with Gasteiger partial charge >= 0.3 is 0 Å². The fourth-order valence-corrected chi connectivity index (χ4v) is 2.22. The van der Waals surface area contributed by atoms with Crippen molar-refractivity contribution in [2.75, 3.05) is 0 Å². The molecule has 86 valence electrons. The van der Waals surface area contributed by atoms with Crippen LogP contribution in [0.2, 0.25) is 0 Å². The van der Waals surface area contributed by atoms with Gasteiger partial charge in [-0.1, -0.05) is 12.1 Å². The van der Waals surface area contributed by atoms with E-state index in [0.717, 1.165) is 0 Å². The first-order chi connectivity index (χ1) is 7.68. The number of carbonyl (C=O) groups is 1. The zero-order chi connectivity index (χ0) is 11.5. The van der Waals surface area contributed by atoms with Crippen molar-refractivity contribution in [1.29, 1.82) is 0 Å². The van der Waals surface area contributed by atoms with E-state index in [1.807, 2.05) is 0 Å². The SMILES string of the molecule is O=C(c1ccccc1F)C1CCC(O)CC1. The molecule has 1 aliphatic carbocycles. The first-order valence-electron chi connectivity index (χ1n) is 5.65. The van der Waals surface area contributed by atoms with Gasteiger partial charge in [0.15, 0.2) is 5.78 Å². The Labute approximate surface area is 94.1 Å². The van der Waals surface area contributed by atoms with Crippen LogP contribution in [-0.2, 0) is 0 Å². The van der Waals surface area contributed by atoms with Gasteiger partial charge in [0.2, 0.25) is 0 Å². The zero-order valence-electron chi connectivity index (χ0n) is 9.03. The van der Waals surface area contributed by atoms with Crippen LogP contribution in [0.1, 0.15) is 36.0 Å². The van der Waals surface area contributed by atoms with Gasteiger partial charge in [0.1, 0.15) is 5.82 Å². The molecule has 0 saturated heterocycles. The van der Waals surface area contributed by atoms with Gasteiger partial charge in [0.25, 0.3) is 0 Å². The molecule has 1 aromatic rings. The fraction of sp³-hybridized carbons (Fsp3) is 0.462. The molecular weight excluding hydrogens is 207 g/mol. The molecule has 0 spiro atoms. The minimum Gasteiger partial charge on any atom is -0.393 e. The second kappa shape index (κ2) is 4.74. The van der Waals surface area contributed by atoms with Crippen molar-refractivity contribution in [3.05, 3.63) is 35.6 Å². The van der Waals surface area contributed by atoms with Gasteiger partial charge < -0.3 is 5.11 Å². The summed E-state index contributed by atoms with van der Waals surface area (Å²) < 4.78 is 13.4. The summed E-state index contributed by atoms with van der Waals surface area (Å²) in [6, 6.07) is 6.10. The van der Waals surface area contributed by atoms with Crippen LogP contribution >= 0.6 is 0 Å². The van der Waals surface area contributed by atoms with E-state index < -0.39 is 5.82 Å². The lowest BCUT2D eigenvalue weighted by molar-refractivity contribution is 0.0761. The van der Waals surface area contributed by atoms with Crippen LogP contribution < -0.4 is 0 Å². The lowest BCUT2D eigenvalue weighted by Crippen LogP contribution is -2.24. The maximum absolute atomic E-state index is 13.4. The number of Topliss-reactive ketones (excluding diaryl/α,β-unsaturated/α-hetero) is 1. The molecule has 0 amide bonds. The maximum atomic E-state index is 13.4. The molecule has 0 aliphatic heterocycles. The molecular formula is C13H15FO2. The molecule has 0 atom stereocenters. The van der Waals surface area contributed by atoms with Crippen LogP contribution in [0.3, 0.4) is 0 Å². The Morgan fingerprint density at radius 3 is 2.44 bits per heavy atom. The molecule has 1 saturated carbocycles. The highest BCUT2D eigenvalue weighted by atomic mass is 19.1. The van der Waals surface area contributed by atoms with Gasteiger partial charge in [-0.2, -0.15) is 0 Å². The number of aliphatic hydroxyl groups is 1. The molecule has 0 bridgehead atoms. The molecule has 2 nitrogen and oxygen atoms in total. The smallest absolute Gasteiger partial charge is 0.168 e. The highest BCUT2D eigenvalue weighted by molar-refractivity contribution is 5.98. The second-order valence-corrected chi connectivity index (χ2v) is 4.35. The summed E-state index contributed by atoms with van der Waals surface area (Å²) in [6.07, 6.45) is 2.32. The van der Waals surface area contributed by atoms with E-state index in [1.54, 1.807) is 12.1 Å². The Hall–Kier alpha value is -1.22. The molecule has 0 heterocycles. The van der Waals surface area contributed by atoms with Gasteiger partial charge in [-0.15, -0.1) is 0 Å². The average molecular weight is 222 g/mol. The number of hydrogen-bond acceptors (Lipinski definition) is 2. The van der Waals surface area contributed by atoms with E-state index in [0.29, 0.717) is 25.7 Å². The lowest BCUT2D eigenvalue weighted by Gasteiger charge is -2.24. The first kappa shape index (κ1) is 11.3. The fourth-order valence-electron chi connectivity index (χ4n) is 2.22. The second-order valence-electron chi connectivity index (χ2n) is 4.35. The molecule has 16 heavy (non-hydrogen) atoms. The van der Waals surface area contributed by atoms with Crippen LogP contribution in [0.4, 0.5) is 4.39 Å². The van der Waals surface area contributed by atoms with Crippen LogP contribution in [0.5, 0.6) is 0 Å². The van der Waals surface area contributed by atoms with Gasteiger partial charge in [-0.3, -0.25) is 4.79 Å². The Morgan fingerprint density at radius 1 is 1.19 bits per heavy atom. The van der Waals surface area contributed by atoms with Crippen LogP contribution in [-0.4, -0.2) is 17.0 Å². The lowest BCUT2D eigenvalue weighted by atomic mass is 9.82. The number of benzene rings is 1. The summed E-state index contributed by atoms with van der Waals surface area (Å²) in [4.78, 5) is 12.0. The maximum Gasteiger partial charge on any atom is 0.168 e. The topological polar surface area (TPSA) is 37.3 Å². The van der Waals surface area contributed by atoms with Crippen molar-refractivity contribution in [1.82, 2.24) is 0 Å². The van der Waals surface area contributed by atoms with E-state index in [-0.39, 0.29) is 23.4 Å². The summed E-state index contributed by atoms with van der Waals surface area (Å²) in [5, 5.41) is 9.35. The van der Waals surface area contributed by atoms with Crippen LogP contribution in [0.15, 0.2) is 24.3 Å². The standard InChI is InChI=1S/C13H15FO2/c14-12-4-2-1-3-11(12)13(16)9-5-7-10(15)8-6-9/h1-4,9-10,15H,5-8H2. The number of rotatable bonds is 2. The third-order valence-electron chi connectivity index (χ3n) is 3.21. The predicted molar refractivity (Wildman–Crippen MR) is 58.7 cm³/mol. The Morgan fingerprint density at radius 2 is 1.81 bits per heavy atom. The average Bonchev–Trinajstić information content (AvgIpc) is 2.30. The number of aliphatic hydroxyl groups excluding tert-OH is 1. The summed E-state index contributed by atoms with van der Waals surface area (Å²) >= 11 is 0. The Kier molecular flexibility index (Phi) is 3.34.